The Bertz CT molecular complexity index is 635. The third-order valence-electron chi connectivity index (χ3n) is 3.47. The van der Waals surface area contributed by atoms with Gasteiger partial charge in [-0.15, -0.1) is 0 Å². The van der Waals surface area contributed by atoms with Crippen LogP contribution in [0.25, 0.3) is 17.2 Å². The average molecular weight is 302 g/mol. The summed E-state index contributed by atoms with van der Waals surface area (Å²) in [7, 11) is 0. The standard InChI is InChI=1S/C17H22N2O3/c1-17(2,3)14(10-11-20)19-15(21)8-9-16-18-12-6-4-5-7-13(12)22-16/h4-9,14,20H,10-11H2,1-3H3,(H,19,21)/b9-8+. The molecular weight excluding hydrogens is 280 g/mol. The number of aromatic nitrogens is 1. The third-order valence-corrected chi connectivity index (χ3v) is 3.47. The largest absolute Gasteiger partial charge is 0.437 e. The minimum atomic E-state index is -0.226. The number of rotatable bonds is 5. The van der Waals surface area contributed by atoms with E-state index in [0.29, 0.717) is 17.9 Å². The van der Waals surface area contributed by atoms with Crippen LogP contribution in [-0.4, -0.2) is 28.6 Å². The number of para-hydroxylation sites is 2. The van der Waals surface area contributed by atoms with E-state index in [1.165, 1.54) is 6.08 Å². The van der Waals surface area contributed by atoms with Crippen LogP contribution in [0, 0.1) is 5.41 Å². The Kier molecular flexibility index (Phi) is 4.98. The van der Waals surface area contributed by atoms with E-state index in [9.17, 15) is 4.79 Å². The molecule has 1 atom stereocenters. The van der Waals surface area contributed by atoms with Crippen LogP contribution in [0.15, 0.2) is 34.8 Å². The minimum absolute atomic E-state index is 0.0387. The van der Waals surface area contributed by atoms with Gasteiger partial charge >= 0.3 is 0 Å². The van der Waals surface area contributed by atoms with Crippen molar-refractivity contribution in [3.63, 3.8) is 0 Å². The van der Waals surface area contributed by atoms with Gasteiger partial charge in [-0.1, -0.05) is 32.9 Å². The number of carbonyl (C=O) groups excluding carboxylic acids is 1. The van der Waals surface area contributed by atoms with E-state index in [1.807, 2.05) is 45.0 Å². The van der Waals surface area contributed by atoms with E-state index in [2.05, 4.69) is 10.3 Å². The second kappa shape index (κ2) is 6.75. The minimum Gasteiger partial charge on any atom is -0.437 e. The van der Waals surface area contributed by atoms with Crippen molar-refractivity contribution in [3.8, 4) is 0 Å². The zero-order chi connectivity index (χ0) is 16.2. The summed E-state index contributed by atoms with van der Waals surface area (Å²) in [4.78, 5) is 16.3. The number of fused-ring (bicyclic) bond motifs is 1. The predicted octanol–water partition coefficient (Wildman–Crippen LogP) is 2.75. The predicted molar refractivity (Wildman–Crippen MR) is 86.1 cm³/mol. The Morgan fingerprint density at radius 1 is 1.41 bits per heavy atom. The number of benzene rings is 1. The molecule has 0 aliphatic heterocycles. The molecule has 0 saturated carbocycles. The number of aliphatic hydroxyl groups is 1. The highest BCUT2D eigenvalue weighted by Gasteiger charge is 2.24. The van der Waals surface area contributed by atoms with Gasteiger partial charge in [-0.25, -0.2) is 4.98 Å². The topological polar surface area (TPSA) is 75.4 Å². The van der Waals surface area contributed by atoms with Crippen molar-refractivity contribution >= 4 is 23.1 Å². The molecule has 0 aliphatic rings. The molecular formula is C17H22N2O3. The Hall–Kier alpha value is -2.14. The zero-order valence-electron chi connectivity index (χ0n) is 13.2. The van der Waals surface area contributed by atoms with Gasteiger partial charge in [0.25, 0.3) is 0 Å². The molecule has 118 valence electrons. The van der Waals surface area contributed by atoms with E-state index in [-0.39, 0.29) is 24.0 Å². The average Bonchev–Trinajstić information content (AvgIpc) is 2.86. The SMILES string of the molecule is CC(C)(C)C(CCO)NC(=O)/C=C/c1nc2ccccc2o1. The van der Waals surface area contributed by atoms with Crippen LogP contribution in [0.4, 0.5) is 0 Å². The van der Waals surface area contributed by atoms with Gasteiger partial charge < -0.3 is 14.8 Å². The lowest BCUT2D eigenvalue weighted by molar-refractivity contribution is -0.118. The number of hydrogen-bond acceptors (Lipinski definition) is 4. The molecule has 1 unspecified atom stereocenters. The van der Waals surface area contributed by atoms with Crippen LogP contribution in [0.2, 0.25) is 0 Å². The molecule has 1 heterocycles. The first kappa shape index (κ1) is 16.2. The maximum Gasteiger partial charge on any atom is 0.244 e. The highest BCUT2D eigenvalue weighted by Crippen LogP contribution is 2.21. The summed E-state index contributed by atoms with van der Waals surface area (Å²) < 4.78 is 5.52. The van der Waals surface area contributed by atoms with Crippen molar-refractivity contribution in [1.29, 1.82) is 0 Å². The lowest BCUT2D eigenvalue weighted by Gasteiger charge is -2.30. The first-order valence-electron chi connectivity index (χ1n) is 7.35. The fraction of sp³-hybridized carbons (Fsp3) is 0.412. The van der Waals surface area contributed by atoms with Gasteiger partial charge in [0.2, 0.25) is 11.8 Å². The highest BCUT2D eigenvalue weighted by molar-refractivity contribution is 5.91. The molecule has 5 nitrogen and oxygen atoms in total. The van der Waals surface area contributed by atoms with Crippen LogP contribution in [0.5, 0.6) is 0 Å². The summed E-state index contributed by atoms with van der Waals surface area (Å²) in [5, 5.41) is 12.0. The third kappa shape index (κ3) is 4.18. The van der Waals surface area contributed by atoms with E-state index in [4.69, 9.17) is 9.52 Å². The number of nitrogens with one attached hydrogen (secondary N) is 1. The lowest BCUT2D eigenvalue weighted by Crippen LogP contribution is -2.43. The number of aliphatic hydroxyl groups excluding tert-OH is 1. The van der Waals surface area contributed by atoms with Gasteiger partial charge in [0.05, 0.1) is 0 Å². The molecule has 2 rings (SSSR count). The second-order valence-electron chi connectivity index (χ2n) is 6.29. The Morgan fingerprint density at radius 3 is 2.77 bits per heavy atom. The van der Waals surface area contributed by atoms with Gasteiger partial charge in [0, 0.05) is 24.8 Å². The second-order valence-corrected chi connectivity index (χ2v) is 6.29. The monoisotopic (exact) mass is 302 g/mol. The molecule has 2 aromatic rings. The van der Waals surface area contributed by atoms with Crippen molar-refractivity contribution in [1.82, 2.24) is 10.3 Å². The number of oxazole rings is 1. The van der Waals surface area contributed by atoms with Crippen LogP contribution in [-0.2, 0) is 4.79 Å². The number of amides is 1. The fourth-order valence-electron chi connectivity index (χ4n) is 2.18. The van der Waals surface area contributed by atoms with E-state index in [1.54, 1.807) is 6.08 Å². The van der Waals surface area contributed by atoms with Crippen molar-refractivity contribution in [2.24, 2.45) is 5.41 Å². The van der Waals surface area contributed by atoms with Gasteiger partial charge in [0.1, 0.15) is 5.52 Å². The summed E-state index contributed by atoms with van der Waals surface area (Å²) in [6, 6.07) is 7.34. The molecule has 0 saturated heterocycles. The summed E-state index contributed by atoms with van der Waals surface area (Å²) in [5.41, 5.74) is 1.33. The summed E-state index contributed by atoms with van der Waals surface area (Å²) in [6.07, 6.45) is 3.47. The van der Waals surface area contributed by atoms with Crippen LogP contribution in [0.3, 0.4) is 0 Å². The van der Waals surface area contributed by atoms with Crippen molar-refractivity contribution < 1.29 is 14.3 Å². The first-order chi connectivity index (χ1) is 10.4. The van der Waals surface area contributed by atoms with Gasteiger partial charge in [0.15, 0.2) is 5.58 Å². The highest BCUT2D eigenvalue weighted by atomic mass is 16.3. The molecule has 5 heteroatoms. The van der Waals surface area contributed by atoms with E-state index in [0.717, 1.165) is 5.52 Å². The van der Waals surface area contributed by atoms with E-state index >= 15 is 0 Å². The van der Waals surface area contributed by atoms with Crippen molar-refractivity contribution in [2.75, 3.05) is 6.61 Å². The molecule has 0 fully saturated rings. The van der Waals surface area contributed by atoms with Gasteiger partial charge in [-0.2, -0.15) is 0 Å². The molecule has 0 bridgehead atoms. The molecule has 1 aromatic carbocycles. The summed E-state index contributed by atoms with van der Waals surface area (Å²) in [6.45, 7) is 6.12. The maximum atomic E-state index is 12.0. The smallest absolute Gasteiger partial charge is 0.244 e. The molecule has 2 N–H and O–H groups in total. The number of hydrogen-bond donors (Lipinski definition) is 2. The van der Waals surface area contributed by atoms with Crippen molar-refractivity contribution in [3.05, 3.63) is 36.2 Å². The zero-order valence-corrected chi connectivity index (χ0v) is 13.2. The Morgan fingerprint density at radius 2 is 2.14 bits per heavy atom. The molecule has 0 aliphatic carbocycles. The van der Waals surface area contributed by atoms with E-state index < -0.39 is 0 Å². The summed E-state index contributed by atoms with van der Waals surface area (Å²) >= 11 is 0. The molecule has 22 heavy (non-hydrogen) atoms. The van der Waals surface area contributed by atoms with Gasteiger partial charge in [-0.05, 0) is 24.0 Å². The Balaban J connectivity index is 2.04. The first-order valence-corrected chi connectivity index (χ1v) is 7.35. The normalized spacial score (nSPS) is 13.6. The number of carbonyl (C=O) groups is 1. The molecule has 0 radical (unpaired) electrons. The van der Waals surface area contributed by atoms with Crippen LogP contribution < -0.4 is 5.32 Å². The number of nitrogens with zero attached hydrogens (tertiary/aromatic N) is 1. The lowest BCUT2D eigenvalue weighted by atomic mass is 9.85. The molecule has 0 spiro atoms. The van der Waals surface area contributed by atoms with Gasteiger partial charge in [-0.3, -0.25) is 4.79 Å². The Labute approximate surface area is 130 Å². The van der Waals surface area contributed by atoms with Crippen molar-refractivity contribution in [2.45, 2.75) is 33.2 Å². The fourth-order valence-corrected chi connectivity index (χ4v) is 2.18. The molecule has 1 amide bonds. The van der Waals surface area contributed by atoms with Crippen LogP contribution in [0.1, 0.15) is 33.1 Å². The maximum absolute atomic E-state index is 12.0. The molecule has 1 aromatic heterocycles. The summed E-state index contributed by atoms with van der Waals surface area (Å²) in [5.74, 6) is 0.168. The quantitative estimate of drug-likeness (QED) is 0.833. The van der Waals surface area contributed by atoms with Crippen LogP contribution >= 0.6 is 0 Å².